The van der Waals surface area contributed by atoms with Crippen molar-refractivity contribution in [1.82, 2.24) is 14.8 Å². The van der Waals surface area contributed by atoms with Crippen LogP contribution in [-0.2, 0) is 13.2 Å². The maximum absolute atomic E-state index is 11.8. The molecule has 1 aromatic heterocycles. The predicted octanol–water partition coefficient (Wildman–Crippen LogP) is 0.0355. The fourth-order valence-corrected chi connectivity index (χ4v) is 0.703. The van der Waals surface area contributed by atoms with Crippen LogP contribution in [0.3, 0.4) is 0 Å². The first-order valence-corrected chi connectivity index (χ1v) is 2.99. The molecule has 11 heavy (non-hydrogen) atoms. The summed E-state index contributed by atoms with van der Waals surface area (Å²) in [4.78, 5) is 0. The fourth-order valence-electron chi connectivity index (χ4n) is 0.703. The van der Waals surface area contributed by atoms with E-state index in [1.165, 1.54) is 0 Å². The molecule has 0 spiro atoms. The second-order valence-electron chi connectivity index (χ2n) is 1.95. The van der Waals surface area contributed by atoms with Gasteiger partial charge in [-0.1, -0.05) is 0 Å². The number of hydrogen-bond acceptors (Lipinski definition) is 3. The Bertz CT molecular complexity index is 225. The van der Waals surface area contributed by atoms with Crippen molar-refractivity contribution in [2.45, 2.75) is 19.6 Å². The molecule has 0 saturated heterocycles. The minimum Gasteiger partial charge on any atom is -0.388 e. The van der Waals surface area contributed by atoms with Crippen LogP contribution in [0, 0.1) is 0 Å². The molecule has 0 radical (unpaired) electrons. The molecule has 1 heterocycles. The number of aliphatic hydroxyl groups excluding tert-OH is 1. The van der Waals surface area contributed by atoms with Gasteiger partial charge in [-0.05, 0) is 0 Å². The summed E-state index contributed by atoms with van der Waals surface area (Å²) in [6.45, 7) is -0.838. The highest BCUT2D eigenvalue weighted by Crippen LogP contribution is 2.00. The number of hydrogen-bond donors (Lipinski definition) is 1. The van der Waals surface area contributed by atoms with Crippen molar-refractivity contribution < 1.29 is 13.9 Å². The summed E-state index contributed by atoms with van der Waals surface area (Å²) in [7, 11) is 0. The van der Waals surface area contributed by atoms with Gasteiger partial charge in [-0.3, -0.25) is 0 Å². The first-order valence-electron chi connectivity index (χ1n) is 2.99. The minimum absolute atomic E-state index is 0.158. The highest BCUT2D eigenvalue weighted by Gasteiger charge is 2.07. The fraction of sp³-hybridized carbons (Fsp3) is 0.600. The van der Waals surface area contributed by atoms with Gasteiger partial charge in [0, 0.05) is 0 Å². The van der Waals surface area contributed by atoms with E-state index in [0.717, 1.165) is 10.9 Å². The molecule has 0 aliphatic rings. The summed E-state index contributed by atoms with van der Waals surface area (Å²) in [6.07, 6.45) is -1.28. The summed E-state index contributed by atoms with van der Waals surface area (Å²) < 4.78 is 24.6. The Kier molecular flexibility index (Phi) is 2.48. The van der Waals surface area contributed by atoms with Crippen molar-refractivity contribution in [1.29, 1.82) is 0 Å². The molecule has 0 amide bonds. The molecule has 0 unspecified atom stereocenters. The molecule has 1 rings (SSSR count). The zero-order valence-electron chi connectivity index (χ0n) is 5.61. The second kappa shape index (κ2) is 3.38. The van der Waals surface area contributed by atoms with E-state index in [0.29, 0.717) is 0 Å². The molecular formula is C5H7F2N3O. The molecule has 0 saturated carbocycles. The third-order valence-electron chi connectivity index (χ3n) is 1.17. The number of alkyl halides is 2. The molecule has 0 aliphatic heterocycles. The SMILES string of the molecule is OCc1nncn1CC(F)F. The van der Waals surface area contributed by atoms with Gasteiger partial charge in [-0.25, -0.2) is 8.78 Å². The lowest BCUT2D eigenvalue weighted by molar-refractivity contribution is 0.123. The predicted molar refractivity (Wildman–Crippen MR) is 31.9 cm³/mol. The maximum atomic E-state index is 11.8. The molecule has 0 atom stereocenters. The highest BCUT2D eigenvalue weighted by molar-refractivity contribution is 4.82. The van der Waals surface area contributed by atoms with Crippen molar-refractivity contribution >= 4 is 0 Å². The lowest BCUT2D eigenvalue weighted by Gasteiger charge is -2.01. The van der Waals surface area contributed by atoms with E-state index in [4.69, 9.17) is 5.11 Å². The van der Waals surface area contributed by atoms with E-state index in [9.17, 15) is 8.78 Å². The first-order chi connectivity index (χ1) is 5.24. The van der Waals surface area contributed by atoms with Crippen LogP contribution in [0.4, 0.5) is 8.78 Å². The standard InChI is InChI=1S/C5H7F2N3O/c6-4(7)1-10-3-8-9-5(10)2-11/h3-4,11H,1-2H2. The molecule has 0 bridgehead atoms. The molecule has 1 aromatic rings. The second-order valence-corrected chi connectivity index (χ2v) is 1.95. The molecule has 62 valence electrons. The number of aromatic nitrogens is 3. The van der Waals surface area contributed by atoms with E-state index in [2.05, 4.69) is 10.2 Å². The third kappa shape index (κ3) is 1.94. The first kappa shape index (κ1) is 8.06. The smallest absolute Gasteiger partial charge is 0.256 e. The van der Waals surface area contributed by atoms with E-state index in [-0.39, 0.29) is 12.4 Å². The topological polar surface area (TPSA) is 50.9 Å². The largest absolute Gasteiger partial charge is 0.388 e. The Labute approximate surface area is 61.5 Å². The summed E-state index contributed by atoms with van der Waals surface area (Å²) in [5.41, 5.74) is 0. The van der Waals surface area contributed by atoms with Crippen LogP contribution >= 0.6 is 0 Å². The quantitative estimate of drug-likeness (QED) is 0.684. The van der Waals surface area contributed by atoms with Crippen molar-refractivity contribution in [2.75, 3.05) is 0 Å². The average molecular weight is 163 g/mol. The Hall–Kier alpha value is -1.04. The van der Waals surface area contributed by atoms with E-state index >= 15 is 0 Å². The van der Waals surface area contributed by atoms with E-state index < -0.39 is 13.0 Å². The molecule has 6 heteroatoms. The molecule has 0 fully saturated rings. The van der Waals surface area contributed by atoms with E-state index in [1.807, 2.05) is 0 Å². The summed E-state index contributed by atoms with van der Waals surface area (Å²) in [5.74, 6) is 0.158. The summed E-state index contributed by atoms with van der Waals surface area (Å²) in [5, 5.41) is 15.3. The van der Waals surface area contributed by atoms with Gasteiger partial charge < -0.3 is 9.67 Å². The zero-order valence-corrected chi connectivity index (χ0v) is 5.61. The lowest BCUT2D eigenvalue weighted by Crippen LogP contribution is -2.09. The summed E-state index contributed by atoms with van der Waals surface area (Å²) in [6, 6.07) is 0. The van der Waals surface area contributed by atoms with Gasteiger partial charge in [0.15, 0.2) is 5.82 Å². The van der Waals surface area contributed by atoms with E-state index in [1.54, 1.807) is 0 Å². The number of nitrogens with zero attached hydrogens (tertiary/aromatic N) is 3. The van der Waals surface area contributed by atoms with Gasteiger partial charge in [0.2, 0.25) is 0 Å². The number of aliphatic hydroxyl groups is 1. The van der Waals surface area contributed by atoms with Crippen molar-refractivity contribution in [3.63, 3.8) is 0 Å². The van der Waals surface area contributed by atoms with Gasteiger partial charge in [0.1, 0.15) is 12.9 Å². The van der Waals surface area contributed by atoms with Crippen molar-refractivity contribution in [2.24, 2.45) is 0 Å². The molecule has 0 aliphatic carbocycles. The van der Waals surface area contributed by atoms with Crippen LogP contribution in [0.1, 0.15) is 5.82 Å². The van der Waals surface area contributed by atoms with Crippen LogP contribution in [0.25, 0.3) is 0 Å². The normalized spacial score (nSPS) is 10.9. The van der Waals surface area contributed by atoms with Crippen molar-refractivity contribution in [3.8, 4) is 0 Å². The van der Waals surface area contributed by atoms with Gasteiger partial charge in [0.05, 0.1) is 6.54 Å². The Morgan fingerprint density at radius 1 is 1.64 bits per heavy atom. The Morgan fingerprint density at radius 2 is 2.36 bits per heavy atom. The third-order valence-corrected chi connectivity index (χ3v) is 1.17. The van der Waals surface area contributed by atoms with Crippen LogP contribution in [0.2, 0.25) is 0 Å². The average Bonchev–Trinajstić information content (AvgIpc) is 2.34. The Balaban J connectivity index is 2.68. The maximum Gasteiger partial charge on any atom is 0.256 e. The molecule has 0 aromatic carbocycles. The van der Waals surface area contributed by atoms with Gasteiger partial charge in [-0.2, -0.15) is 0 Å². The zero-order chi connectivity index (χ0) is 8.27. The Morgan fingerprint density at radius 3 is 2.91 bits per heavy atom. The molecule has 4 nitrogen and oxygen atoms in total. The van der Waals surface area contributed by atoms with Crippen molar-refractivity contribution in [3.05, 3.63) is 12.2 Å². The highest BCUT2D eigenvalue weighted by atomic mass is 19.3. The van der Waals surface area contributed by atoms with Crippen LogP contribution in [0.5, 0.6) is 0 Å². The van der Waals surface area contributed by atoms with Gasteiger partial charge in [0.25, 0.3) is 6.43 Å². The lowest BCUT2D eigenvalue weighted by atomic mass is 10.6. The minimum atomic E-state index is -2.45. The van der Waals surface area contributed by atoms with Gasteiger partial charge >= 0.3 is 0 Å². The number of halogens is 2. The van der Waals surface area contributed by atoms with Crippen LogP contribution < -0.4 is 0 Å². The molecular weight excluding hydrogens is 156 g/mol. The van der Waals surface area contributed by atoms with Crippen LogP contribution in [0.15, 0.2) is 6.33 Å². The molecule has 1 N–H and O–H groups in total. The monoisotopic (exact) mass is 163 g/mol. The summed E-state index contributed by atoms with van der Waals surface area (Å²) >= 11 is 0. The van der Waals surface area contributed by atoms with Crippen LogP contribution in [-0.4, -0.2) is 26.3 Å². The number of rotatable bonds is 3. The van der Waals surface area contributed by atoms with Gasteiger partial charge in [-0.15, -0.1) is 10.2 Å².